The first-order valence-electron chi connectivity index (χ1n) is 6.02. The lowest BCUT2D eigenvalue weighted by atomic mass is 9.64. The van der Waals surface area contributed by atoms with Gasteiger partial charge in [-0.3, -0.25) is 4.79 Å². The number of carbonyl (C=O) groups excluding carboxylic acids is 1. The maximum Gasteiger partial charge on any atom is 0.403 e. The molecule has 1 saturated heterocycles. The number of hydrogen-bond donors (Lipinski definition) is 1. The number of aliphatic carboxylic acids is 1. The third kappa shape index (κ3) is 2.44. The summed E-state index contributed by atoms with van der Waals surface area (Å²) in [7, 11) is 0. The summed E-state index contributed by atoms with van der Waals surface area (Å²) >= 11 is 0. The third-order valence-corrected chi connectivity index (χ3v) is 3.87. The van der Waals surface area contributed by atoms with Gasteiger partial charge in [0.15, 0.2) is 5.41 Å². The molecule has 2 atom stereocenters. The van der Waals surface area contributed by atoms with Gasteiger partial charge < -0.3 is 10.0 Å². The zero-order valence-corrected chi connectivity index (χ0v) is 10.5. The number of alkyl halides is 6. The fraction of sp³-hybridized carbons (Fsp3) is 0.818. The molecule has 1 N–H and O–H groups in total. The van der Waals surface area contributed by atoms with Crippen LogP contribution in [-0.4, -0.2) is 52.7 Å². The van der Waals surface area contributed by atoms with Gasteiger partial charge in [-0.15, -0.1) is 0 Å². The van der Waals surface area contributed by atoms with Crippen molar-refractivity contribution in [2.24, 2.45) is 5.41 Å². The Morgan fingerprint density at radius 3 is 2.10 bits per heavy atom. The first-order chi connectivity index (χ1) is 9.40. The Balaban J connectivity index is 2.30. The molecule has 0 radical (unpaired) electrons. The molecule has 0 spiro atoms. The quantitative estimate of drug-likeness (QED) is 0.792. The van der Waals surface area contributed by atoms with Crippen LogP contribution in [0.2, 0.25) is 0 Å². The number of carboxylic acids is 1. The number of halogens is 6. The van der Waals surface area contributed by atoms with E-state index < -0.39 is 67.4 Å². The van der Waals surface area contributed by atoms with Gasteiger partial charge in [-0.25, -0.2) is 18.0 Å². The molecular formula is C11H11F6NO3. The topological polar surface area (TPSA) is 57.6 Å². The average Bonchev–Trinajstić information content (AvgIpc) is 2.65. The van der Waals surface area contributed by atoms with Gasteiger partial charge in [-0.2, -0.15) is 13.2 Å². The zero-order valence-electron chi connectivity index (χ0n) is 10.5. The van der Waals surface area contributed by atoms with E-state index in [1.165, 1.54) is 0 Å². The molecule has 10 heteroatoms. The van der Waals surface area contributed by atoms with Gasteiger partial charge in [0.1, 0.15) is 12.2 Å². The number of carboxylic acid groups (broad SMARTS) is 1. The van der Waals surface area contributed by atoms with E-state index in [0.717, 1.165) is 0 Å². The van der Waals surface area contributed by atoms with Crippen molar-refractivity contribution in [1.82, 2.24) is 4.90 Å². The monoisotopic (exact) mass is 319 g/mol. The molecule has 2 rings (SSSR count). The second-order valence-corrected chi connectivity index (χ2v) is 5.43. The third-order valence-electron chi connectivity index (χ3n) is 3.87. The largest absolute Gasteiger partial charge is 0.480 e. The highest BCUT2D eigenvalue weighted by molar-refractivity contribution is 5.89. The zero-order chi connectivity index (χ0) is 16.2. The molecule has 1 heterocycles. The maximum absolute atomic E-state index is 13.2. The fourth-order valence-corrected chi connectivity index (χ4v) is 2.82. The summed E-state index contributed by atoms with van der Waals surface area (Å²) in [4.78, 5) is 23.1. The van der Waals surface area contributed by atoms with E-state index >= 15 is 0 Å². The van der Waals surface area contributed by atoms with Crippen molar-refractivity contribution in [3.05, 3.63) is 0 Å². The predicted molar refractivity (Wildman–Crippen MR) is 55.3 cm³/mol. The van der Waals surface area contributed by atoms with Crippen LogP contribution >= 0.6 is 0 Å². The van der Waals surface area contributed by atoms with E-state index in [-0.39, 0.29) is 4.90 Å². The van der Waals surface area contributed by atoms with Crippen molar-refractivity contribution in [1.29, 1.82) is 0 Å². The van der Waals surface area contributed by atoms with Crippen molar-refractivity contribution in [2.45, 2.75) is 43.6 Å². The Morgan fingerprint density at radius 2 is 1.71 bits per heavy atom. The number of carbonyl (C=O) groups is 2. The minimum Gasteiger partial charge on any atom is -0.480 e. The van der Waals surface area contributed by atoms with E-state index in [1.54, 1.807) is 0 Å². The normalized spacial score (nSPS) is 30.9. The van der Waals surface area contributed by atoms with E-state index in [9.17, 15) is 35.9 Å². The van der Waals surface area contributed by atoms with E-state index in [4.69, 9.17) is 5.11 Å². The van der Waals surface area contributed by atoms with Crippen LogP contribution in [0.4, 0.5) is 26.3 Å². The van der Waals surface area contributed by atoms with Gasteiger partial charge in [0.05, 0.1) is 6.54 Å². The van der Waals surface area contributed by atoms with Gasteiger partial charge in [0.2, 0.25) is 5.91 Å². The fourth-order valence-electron chi connectivity index (χ4n) is 2.82. The molecule has 2 aliphatic rings. The summed E-state index contributed by atoms with van der Waals surface area (Å²) in [6.07, 6.45) is -11.2. The molecule has 1 aliphatic carbocycles. The lowest BCUT2D eigenvalue weighted by Gasteiger charge is -2.48. The molecule has 120 valence electrons. The molecule has 0 unspecified atom stereocenters. The summed E-state index contributed by atoms with van der Waals surface area (Å²) in [5.74, 6) is -7.08. The summed E-state index contributed by atoms with van der Waals surface area (Å²) in [6.45, 7) is -0.834. The van der Waals surface area contributed by atoms with Crippen LogP contribution < -0.4 is 0 Å². The second-order valence-electron chi connectivity index (χ2n) is 5.43. The van der Waals surface area contributed by atoms with Gasteiger partial charge >= 0.3 is 12.1 Å². The Morgan fingerprint density at radius 1 is 1.19 bits per heavy atom. The summed E-state index contributed by atoms with van der Waals surface area (Å²) in [5.41, 5.74) is -3.33. The van der Waals surface area contributed by atoms with Crippen LogP contribution in [0.15, 0.2) is 0 Å². The van der Waals surface area contributed by atoms with Crippen LogP contribution in [0.1, 0.15) is 19.3 Å². The highest BCUT2D eigenvalue weighted by Crippen LogP contribution is 2.61. The standard InChI is InChI=1S/C11H11F6NO3/c12-5-1-6(7(19)20)18(2-5)8(21)9(11(15,16)17)3-10(13,14)4-9/h5-6H,1-4H2,(H,19,20)/t5-,6+/m1/s1. The minimum absolute atomic E-state index is 0.218. The molecular weight excluding hydrogens is 308 g/mol. The predicted octanol–water partition coefficient (Wildman–Crippen LogP) is 1.99. The summed E-state index contributed by atoms with van der Waals surface area (Å²) in [6, 6.07) is -1.76. The average molecular weight is 319 g/mol. The number of nitrogens with zero attached hydrogens (tertiary/aromatic N) is 1. The molecule has 0 aromatic carbocycles. The maximum atomic E-state index is 13.2. The molecule has 1 saturated carbocycles. The number of hydrogen-bond acceptors (Lipinski definition) is 2. The lowest BCUT2D eigenvalue weighted by Crippen LogP contribution is -2.64. The van der Waals surface area contributed by atoms with Gasteiger partial charge in [0.25, 0.3) is 5.92 Å². The van der Waals surface area contributed by atoms with Crippen molar-refractivity contribution in [2.75, 3.05) is 6.54 Å². The second kappa shape index (κ2) is 4.51. The molecule has 0 aromatic rings. The summed E-state index contributed by atoms with van der Waals surface area (Å²) in [5, 5.41) is 8.82. The summed E-state index contributed by atoms with van der Waals surface area (Å²) < 4.78 is 78.0. The van der Waals surface area contributed by atoms with Gasteiger partial charge in [-0.05, 0) is 0 Å². The molecule has 1 amide bonds. The van der Waals surface area contributed by atoms with Gasteiger partial charge in [-0.1, -0.05) is 0 Å². The van der Waals surface area contributed by atoms with Gasteiger partial charge in [0, 0.05) is 19.3 Å². The Hall–Kier alpha value is -1.48. The Kier molecular flexibility index (Phi) is 3.41. The van der Waals surface area contributed by atoms with Crippen molar-refractivity contribution < 1.29 is 41.0 Å². The number of amides is 1. The Labute approximate surface area is 114 Å². The minimum atomic E-state index is -5.25. The van der Waals surface area contributed by atoms with Crippen LogP contribution in [0, 0.1) is 5.41 Å². The molecule has 2 fully saturated rings. The molecule has 0 bridgehead atoms. The SMILES string of the molecule is O=C(O)[C@@H]1C[C@@H](F)CN1C(=O)C1(C(F)(F)F)CC(F)(F)C1. The van der Waals surface area contributed by atoms with Crippen molar-refractivity contribution in [3.63, 3.8) is 0 Å². The molecule has 4 nitrogen and oxygen atoms in total. The Bertz CT molecular complexity index is 469. The van der Waals surface area contributed by atoms with Crippen LogP contribution in [-0.2, 0) is 9.59 Å². The highest BCUT2D eigenvalue weighted by Gasteiger charge is 2.74. The highest BCUT2D eigenvalue weighted by atomic mass is 19.4. The van der Waals surface area contributed by atoms with Crippen molar-refractivity contribution >= 4 is 11.9 Å². The van der Waals surface area contributed by atoms with Crippen LogP contribution in [0.25, 0.3) is 0 Å². The molecule has 21 heavy (non-hydrogen) atoms. The molecule has 1 aliphatic heterocycles. The van der Waals surface area contributed by atoms with E-state index in [2.05, 4.69) is 0 Å². The first-order valence-corrected chi connectivity index (χ1v) is 6.02. The van der Waals surface area contributed by atoms with Crippen LogP contribution in [0.3, 0.4) is 0 Å². The number of likely N-dealkylation sites (tertiary alicyclic amines) is 1. The smallest absolute Gasteiger partial charge is 0.403 e. The number of rotatable bonds is 2. The van der Waals surface area contributed by atoms with Crippen molar-refractivity contribution in [3.8, 4) is 0 Å². The van der Waals surface area contributed by atoms with E-state index in [1.807, 2.05) is 0 Å². The lowest BCUT2D eigenvalue weighted by molar-refractivity contribution is -0.299. The molecule has 0 aromatic heterocycles. The first kappa shape index (κ1) is 15.9. The van der Waals surface area contributed by atoms with Crippen LogP contribution in [0.5, 0.6) is 0 Å². The van der Waals surface area contributed by atoms with E-state index in [0.29, 0.717) is 0 Å².